The van der Waals surface area contributed by atoms with Crippen LogP contribution in [0.2, 0.25) is 0 Å². The molecule has 0 saturated carbocycles. The SMILES string of the molecule is CC(C)(C)OC=O.NN(C(=O)OCc1ccccc1)c1ccccn1. The Labute approximate surface area is 147 Å². The van der Waals surface area contributed by atoms with Crippen LogP contribution in [0.3, 0.4) is 0 Å². The van der Waals surface area contributed by atoms with E-state index in [1.54, 1.807) is 24.4 Å². The second-order valence-corrected chi connectivity index (χ2v) is 5.92. The topological polar surface area (TPSA) is 94.8 Å². The Morgan fingerprint density at radius 1 is 1.16 bits per heavy atom. The van der Waals surface area contributed by atoms with Gasteiger partial charge in [-0.3, -0.25) is 4.79 Å². The molecule has 0 spiro atoms. The van der Waals surface area contributed by atoms with Gasteiger partial charge in [-0.1, -0.05) is 36.4 Å². The molecule has 0 saturated heterocycles. The van der Waals surface area contributed by atoms with Crippen molar-refractivity contribution in [3.63, 3.8) is 0 Å². The van der Waals surface area contributed by atoms with Gasteiger partial charge in [-0.25, -0.2) is 15.6 Å². The quantitative estimate of drug-likeness (QED) is 0.396. The van der Waals surface area contributed by atoms with E-state index in [2.05, 4.69) is 9.72 Å². The number of carbonyl (C=O) groups excluding carboxylic acids is 2. The van der Waals surface area contributed by atoms with Gasteiger partial charge in [0.1, 0.15) is 12.2 Å². The maximum Gasteiger partial charge on any atom is 0.430 e. The van der Waals surface area contributed by atoms with Crippen molar-refractivity contribution in [2.45, 2.75) is 33.0 Å². The number of nitrogens with two attached hydrogens (primary N) is 1. The molecule has 0 unspecified atom stereocenters. The molecule has 0 aliphatic carbocycles. The van der Waals surface area contributed by atoms with Crippen LogP contribution < -0.4 is 10.9 Å². The molecule has 1 aromatic carbocycles. The maximum atomic E-state index is 11.7. The zero-order valence-electron chi connectivity index (χ0n) is 14.6. The van der Waals surface area contributed by atoms with E-state index in [0.29, 0.717) is 12.3 Å². The number of rotatable bonds is 4. The van der Waals surface area contributed by atoms with Gasteiger partial charge in [0.25, 0.3) is 6.47 Å². The van der Waals surface area contributed by atoms with Crippen molar-refractivity contribution in [3.8, 4) is 0 Å². The predicted molar refractivity (Wildman–Crippen MR) is 94.4 cm³/mol. The van der Waals surface area contributed by atoms with Crippen LogP contribution in [0.1, 0.15) is 26.3 Å². The molecule has 2 aromatic rings. The third kappa shape index (κ3) is 8.47. The number of hydrogen-bond donors (Lipinski definition) is 1. The molecular formula is C18H23N3O4. The third-order valence-corrected chi connectivity index (χ3v) is 2.70. The summed E-state index contributed by atoms with van der Waals surface area (Å²) >= 11 is 0. The van der Waals surface area contributed by atoms with Gasteiger partial charge in [0.2, 0.25) is 0 Å². The van der Waals surface area contributed by atoms with E-state index < -0.39 is 6.09 Å². The van der Waals surface area contributed by atoms with E-state index in [1.807, 2.05) is 51.1 Å². The second-order valence-electron chi connectivity index (χ2n) is 5.92. The maximum absolute atomic E-state index is 11.7. The summed E-state index contributed by atoms with van der Waals surface area (Å²) in [5.74, 6) is 5.94. The van der Waals surface area contributed by atoms with Gasteiger partial charge in [-0.05, 0) is 38.5 Å². The lowest BCUT2D eigenvalue weighted by molar-refractivity contribution is -0.138. The lowest BCUT2D eigenvalue weighted by Gasteiger charge is -2.15. The smallest absolute Gasteiger partial charge is 0.430 e. The molecule has 25 heavy (non-hydrogen) atoms. The van der Waals surface area contributed by atoms with Crippen LogP contribution in [0.4, 0.5) is 10.6 Å². The number of pyridine rings is 1. The van der Waals surface area contributed by atoms with E-state index >= 15 is 0 Å². The first-order valence-corrected chi connectivity index (χ1v) is 7.61. The minimum absolute atomic E-state index is 0.181. The van der Waals surface area contributed by atoms with Gasteiger partial charge in [0.05, 0.1) is 0 Å². The first-order chi connectivity index (χ1) is 11.8. The molecule has 7 nitrogen and oxygen atoms in total. The van der Waals surface area contributed by atoms with E-state index in [9.17, 15) is 9.59 Å². The number of ether oxygens (including phenoxy) is 2. The summed E-state index contributed by atoms with van der Waals surface area (Å²) in [5, 5.41) is 0.878. The fourth-order valence-electron chi connectivity index (χ4n) is 1.52. The highest BCUT2D eigenvalue weighted by atomic mass is 16.6. The number of aromatic nitrogens is 1. The van der Waals surface area contributed by atoms with E-state index in [1.165, 1.54) is 0 Å². The Kier molecular flexibility index (Phi) is 8.08. The summed E-state index contributed by atoms with van der Waals surface area (Å²) < 4.78 is 9.61. The fourth-order valence-corrected chi connectivity index (χ4v) is 1.52. The zero-order valence-corrected chi connectivity index (χ0v) is 14.6. The highest BCUT2D eigenvalue weighted by Crippen LogP contribution is 2.08. The summed E-state index contributed by atoms with van der Waals surface area (Å²) in [7, 11) is 0. The minimum Gasteiger partial charge on any atom is -0.462 e. The molecule has 1 aromatic heterocycles. The Morgan fingerprint density at radius 2 is 1.80 bits per heavy atom. The van der Waals surface area contributed by atoms with Gasteiger partial charge < -0.3 is 9.47 Å². The molecule has 0 bridgehead atoms. The average molecular weight is 345 g/mol. The lowest BCUT2D eigenvalue weighted by atomic mass is 10.2. The molecular weight excluding hydrogens is 322 g/mol. The molecule has 134 valence electrons. The third-order valence-electron chi connectivity index (χ3n) is 2.70. The number of benzene rings is 1. The van der Waals surface area contributed by atoms with Gasteiger partial charge in [-0.15, -0.1) is 0 Å². The van der Waals surface area contributed by atoms with Gasteiger partial charge in [-0.2, -0.15) is 5.01 Å². The molecule has 2 N–H and O–H groups in total. The number of hydrazine groups is 1. The van der Waals surface area contributed by atoms with E-state index in [-0.39, 0.29) is 12.2 Å². The Hall–Kier alpha value is -2.93. The van der Waals surface area contributed by atoms with Crippen LogP contribution in [0, 0.1) is 0 Å². The first-order valence-electron chi connectivity index (χ1n) is 7.61. The summed E-state index contributed by atoms with van der Waals surface area (Å²) in [6.45, 7) is 6.10. The van der Waals surface area contributed by atoms with Crippen molar-refractivity contribution >= 4 is 18.4 Å². The number of nitrogens with zero attached hydrogens (tertiary/aromatic N) is 2. The van der Waals surface area contributed by atoms with Gasteiger partial charge in [0, 0.05) is 6.20 Å². The summed E-state index contributed by atoms with van der Waals surface area (Å²) in [5.41, 5.74) is 0.585. The van der Waals surface area contributed by atoms with Gasteiger partial charge >= 0.3 is 6.09 Å². The molecule has 1 amide bonds. The van der Waals surface area contributed by atoms with E-state index in [0.717, 1.165) is 10.6 Å². The minimum atomic E-state index is -0.641. The normalized spacial score (nSPS) is 10.1. The van der Waals surface area contributed by atoms with Crippen molar-refractivity contribution in [1.29, 1.82) is 0 Å². The summed E-state index contributed by atoms with van der Waals surface area (Å²) in [6.07, 6.45) is 0.914. The number of amides is 1. The summed E-state index contributed by atoms with van der Waals surface area (Å²) in [4.78, 5) is 25.2. The molecule has 0 aliphatic heterocycles. The molecule has 0 aliphatic rings. The second kappa shape index (κ2) is 10.0. The Balaban J connectivity index is 0.000000381. The monoisotopic (exact) mass is 345 g/mol. The van der Waals surface area contributed by atoms with Gasteiger partial charge in [0.15, 0.2) is 5.82 Å². The van der Waals surface area contributed by atoms with Crippen molar-refractivity contribution in [1.82, 2.24) is 4.98 Å². The molecule has 0 radical (unpaired) electrons. The van der Waals surface area contributed by atoms with Crippen molar-refractivity contribution in [3.05, 3.63) is 60.3 Å². The van der Waals surface area contributed by atoms with Crippen LogP contribution in [0.15, 0.2) is 54.7 Å². The summed E-state index contributed by atoms with van der Waals surface area (Å²) in [6, 6.07) is 14.5. The molecule has 1 heterocycles. The van der Waals surface area contributed by atoms with Crippen molar-refractivity contribution < 1.29 is 19.1 Å². The lowest BCUT2D eigenvalue weighted by Crippen LogP contribution is -2.38. The van der Waals surface area contributed by atoms with Crippen LogP contribution in [0.25, 0.3) is 0 Å². The van der Waals surface area contributed by atoms with Crippen LogP contribution in [-0.4, -0.2) is 23.2 Å². The predicted octanol–water partition coefficient (Wildman–Crippen LogP) is 3.06. The van der Waals surface area contributed by atoms with Crippen LogP contribution in [-0.2, 0) is 20.9 Å². The molecule has 0 atom stereocenters. The Bertz CT molecular complexity index is 642. The number of hydrogen-bond acceptors (Lipinski definition) is 6. The van der Waals surface area contributed by atoms with Crippen LogP contribution in [0.5, 0.6) is 0 Å². The zero-order chi connectivity index (χ0) is 18.7. The standard InChI is InChI=1S/C13H13N3O2.C5H10O2/c14-16(12-8-4-5-9-15-12)13(17)18-10-11-6-2-1-3-7-11;1-5(2,3)7-4-6/h1-9H,10,14H2;4H,1-3H3. The highest BCUT2D eigenvalue weighted by Gasteiger charge is 2.13. The molecule has 7 heteroatoms. The van der Waals surface area contributed by atoms with Crippen molar-refractivity contribution in [2.24, 2.45) is 5.84 Å². The largest absolute Gasteiger partial charge is 0.462 e. The number of anilines is 1. The molecule has 2 rings (SSSR count). The number of carbonyl (C=O) groups is 2. The molecule has 0 fully saturated rings. The highest BCUT2D eigenvalue weighted by molar-refractivity contribution is 5.84. The average Bonchev–Trinajstić information content (AvgIpc) is 2.60. The first kappa shape index (κ1) is 20.1. The van der Waals surface area contributed by atoms with Crippen molar-refractivity contribution in [2.75, 3.05) is 5.01 Å². The van der Waals surface area contributed by atoms with Crippen LogP contribution >= 0.6 is 0 Å². The van der Waals surface area contributed by atoms with E-state index in [4.69, 9.17) is 10.6 Å². The fraction of sp³-hybridized carbons (Fsp3) is 0.278. The Morgan fingerprint density at radius 3 is 2.28 bits per heavy atom.